The second-order valence-electron chi connectivity index (χ2n) is 6.24. The zero-order valence-corrected chi connectivity index (χ0v) is 16.8. The molecule has 1 aromatic carbocycles. The fraction of sp³-hybridized carbons (Fsp3) is 0.389. The number of amides is 1. The second kappa shape index (κ2) is 9.05. The van der Waals surface area contributed by atoms with Gasteiger partial charge in [-0.2, -0.15) is 0 Å². The van der Waals surface area contributed by atoms with Crippen LogP contribution in [0.1, 0.15) is 12.0 Å². The molecule has 1 aliphatic rings. The lowest BCUT2D eigenvalue weighted by Crippen LogP contribution is -2.51. The van der Waals surface area contributed by atoms with E-state index in [1.165, 1.54) is 0 Å². The van der Waals surface area contributed by atoms with Crippen molar-refractivity contribution in [2.75, 3.05) is 42.9 Å². The first-order valence-corrected chi connectivity index (χ1v) is 10.0. The first-order chi connectivity index (χ1) is 13.0. The highest BCUT2D eigenvalue weighted by Gasteiger charge is 2.19. The van der Waals surface area contributed by atoms with Gasteiger partial charge in [-0.05, 0) is 24.6 Å². The molecule has 1 aliphatic heterocycles. The fourth-order valence-corrected chi connectivity index (χ4v) is 3.70. The van der Waals surface area contributed by atoms with Crippen LogP contribution in [-0.2, 0) is 4.79 Å². The van der Waals surface area contributed by atoms with Gasteiger partial charge in [0.05, 0.1) is 6.54 Å². The summed E-state index contributed by atoms with van der Waals surface area (Å²) in [6, 6.07) is 5.44. The van der Waals surface area contributed by atoms with Gasteiger partial charge in [-0.1, -0.05) is 17.7 Å². The summed E-state index contributed by atoms with van der Waals surface area (Å²) in [5.41, 5.74) is 7.67. The molecule has 0 unspecified atom stereocenters. The Kier molecular flexibility index (Phi) is 6.52. The molecular weight excluding hydrogens is 384 g/mol. The zero-order valence-electron chi connectivity index (χ0n) is 15.2. The summed E-state index contributed by atoms with van der Waals surface area (Å²) in [4.78, 5) is 25.1. The van der Waals surface area contributed by atoms with Crippen LogP contribution < -0.4 is 16.0 Å². The number of rotatable bonds is 5. The highest BCUT2D eigenvalue weighted by molar-refractivity contribution is 7.13. The number of nitrogens with one attached hydrogen (secondary N) is 1. The third-order valence-corrected chi connectivity index (χ3v) is 5.69. The molecule has 2 heterocycles. The van der Waals surface area contributed by atoms with Gasteiger partial charge >= 0.3 is 0 Å². The van der Waals surface area contributed by atoms with E-state index in [0.29, 0.717) is 17.5 Å². The summed E-state index contributed by atoms with van der Waals surface area (Å²) in [6.45, 7) is 5.53. The summed E-state index contributed by atoms with van der Waals surface area (Å²) >= 11 is 7.71. The van der Waals surface area contributed by atoms with Gasteiger partial charge < -0.3 is 20.9 Å². The van der Waals surface area contributed by atoms with Crippen LogP contribution in [-0.4, -0.2) is 54.5 Å². The van der Waals surface area contributed by atoms with Gasteiger partial charge in [0.15, 0.2) is 11.1 Å². The Labute approximate surface area is 167 Å². The van der Waals surface area contributed by atoms with Crippen LogP contribution in [0.5, 0.6) is 0 Å². The quantitative estimate of drug-likeness (QED) is 0.588. The van der Waals surface area contributed by atoms with Crippen LogP contribution in [0.4, 0.5) is 10.8 Å². The average Bonchev–Trinajstić information content (AvgIpc) is 3.20. The third-order valence-electron chi connectivity index (χ3n) is 4.45. The summed E-state index contributed by atoms with van der Waals surface area (Å²) in [7, 11) is 0. The zero-order chi connectivity index (χ0) is 19.2. The number of aromatic nitrogens is 1. The minimum atomic E-state index is -0.106. The standard InChI is InChI=1S/C18H23ClN6OS/c1-13-14(19)3-2-4-15(13)23-16(26)5-6-21-17(20)24-8-10-25(11-9-24)18-22-7-12-27-18/h2-4,7,12H,5-6,8-11H2,1H3,(H2,20,21)(H,23,26). The Balaban J connectivity index is 1.44. The van der Waals surface area contributed by atoms with Gasteiger partial charge in [0.25, 0.3) is 0 Å². The van der Waals surface area contributed by atoms with E-state index in [9.17, 15) is 4.79 Å². The van der Waals surface area contributed by atoms with Gasteiger partial charge in [-0.3, -0.25) is 9.79 Å². The lowest BCUT2D eigenvalue weighted by molar-refractivity contribution is -0.116. The number of aliphatic imine (C=N–C) groups is 1. The normalized spacial score (nSPS) is 15.1. The third kappa shape index (κ3) is 5.11. The minimum Gasteiger partial charge on any atom is -0.370 e. The number of guanidine groups is 1. The largest absolute Gasteiger partial charge is 0.370 e. The average molecular weight is 407 g/mol. The van der Waals surface area contributed by atoms with Crippen LogP contribution in [0.2, 0.25) is 5.02 Å². The molecule has 7 nitrogen and oxygen atoms in total. The van der Waals surface area contributed by atoms with E-state index in [-0.39, 0.29) is 12.3 Å². The Morgan fingerprint density at radius 3 is 2.85 bits per heavy atom. The molecule has 0 aliphatic carbocycles. The maximum absolute atomic E-state index is 12.1. The van der Waals surface area contributed by atoms with Crippen molar-refractivity contribution < 1.29 is 4.79 Å². The van der Waals surface area contributed by atoms with E-state index in [0.717, 1.165) is 42.6 Å². The number of hydrogen-bond acceptors (Lipinski definition) is 5. The number of hydrogen-bond donors (Lipinski definition) is 2. The topological polar surface area (TPSA) is 86.8 Å². The number of carbonyl (C=O) groups is 1. The summed E-state index contributed by atoms with van der Waals surface area (Å²) in [5.74, 6) is 0.381. The fourth-order valence-electron chi connectivity index (χ4n) is 2.83. The monoisotopic (exact) mass is 406 g/mol. The number of nitrogens with two attached hydrogens (primary N) is 1. The molecule has 1 amide bonds. The molecule has 0 bridgehead atoms. The van der Waals surface area contributed by atoms with Gasteiger partial charge in [0.2, 0.25) is 5.91 Å². The molecule has 9 heteroatoms. The molecule has 144 valence electrons. The van der Waals surface area contributed by atoms with E-state index >= 15 is 0 Å². The summed E-state index contributed by atoms with van der Waals surface area (Å²) < 4.78 is 0. The predicted octanol–water partition coefficient (Wildman–Crippen LogP) is 2.57. The van der Waals surface area contributed by atoms with Crippen molar-refractivity contribution in [1.82, 2.24) is 9.88 Å². The van der Waals surface area contributed by atoms with Crippen molar-refractivity contribution >= 4 is 45.6 Å². The lowest BCUT2D eigenvalue weighted by Gasteiger charge is -2.35. The molecule has 0 spiro atoms. The highest BCUT2D eigenvalue weighted by Crippen LogP contribution is 2.23. The molecule has 1 aromatic heterocycles. The van der Waals surface area contributed by atoms with Crippen LogP contribution in [0.3, 0.4) is 0 Å². The number of nitrogens with zero attached hydrogens (tertiary/aromatic N) is 4. The Morgan fingerprint density at radius 1 is 1.37 bits per heavy atom. The molecule has 0 saturated carbocycles. The van der Waals surface area contributed by atoms with Gasteiger partial charge in [0.1, 0.15) is 0 Å². The summed E-state index contributed by atoms with van der Waals surface area (Å²) in [5, 5.41) is 6.52. The summed E-state index contributed by atoms with van der Waals surface area (Å²) in [6.07, 6.45) is 2.09. The van der Waals surface area contributed by atoms with Gasteiger partial charge in [0, 0.05) is 54.9 Å². The highest BCUT2D eigenvalue weighted by atomic mass is 35.5. The lowest BCUT2D eigenvalue weighted by atomic mass is 10.2. The second-order valence-corrected chi connectivity index (χ2v) is 7.52. The first-order valence-electron chi connectivity index (χ1n) is 8.79. The maximum Gasteiger partial charge on any atom is 0.226 e. The minimum absolute atomic E-state index is 0.106. The predicted molar refractivity (Wildman–Crippen MR) is 112 cm³/mol. The van der Waals surface area contributed by atoms with Crippen molar-refractivity contribution in [2.45, 2.75) is 13.3 Å². The van der Waals surface area contributed by atoms with Crippen LogP contribution in [0, 0.1) is 6.92 Å². The number of carbonyl (C=O) groups excluding carboxylic acids is 1. The van der Waals surface area contributed by atoms with E-state index in [1.807, 2.05) is 35.5 Å². The van der Waals surface area contributed by atoms with E-state index in [1.54, 1.807) is 17.4 Å². The van der Waals surface area contributed by atoms with E-state index in [4.69, 9.17) is 17.3 Å². The Morgan fingerprint density at radius 2 is 2.15 bits per heavy atom. The smallest absolute Gasteiger partial charge is 0.226 e. The van der Waals surface area contributed by atoms with Crippen molar-refractivity contribution in [1.29, 1.82) is 0 Å². The number of piperazine rings is 1. The van der Waals surface area contributed by atoms with Gasteiger partial charge in [-0.15, -0.1) is 11.3 Å². The molecule has 2 aromatic rings. The van der Waals surface area contributed by atoms with E-state index in [2.05, 4.69) is 20.2 Å². The molecule has 0 atom stereocenters. The SMILES string of the molecule is Cc1c(Cl)cccc1NC(=O)CCN=C(N)N1CCN(c2nccs2)CC1. The number of anilines is 2. The first kappa shape index (κ1) is 19.4. The molecule has 3 N–H and O–H groups in total. The molecular formula is C18H23ClN6OS. The van der Waals surface area contributed by atoms with Crippen molar-refractivity contribution in [2.24, 2.45) is 10.7 Å². The number of halogens is 1. The van der Waals surface area contributed by atoms with Gasteiger partial charge in [-0.25, -0.2) is 4.98 Å². The van der Waals surface area contributed by atoms with Crippen LogP contribution in [0.15, 0.2) is 34.8 Å². The van der Waals surface area contributed by atoms with Crippen LogP contribution in [0.25, 0.3) is 0 Å². The van der Waals surface area contributed by atoms with Crippen molar-refractivity contribution in [3.05, 3.63) is 40.4 Å². The van der Waals surface area contributed by atoms with Crippen LogP contribution >= 0.6 is 22.9 Å². The van der Waals surface area contributed by atoms with Crippen molar-refractivity contribution in [3.8, 4) is 0 Å². The molecule has 0 radical (unpaired) electrons. The number of benzene rings is 1. The molecule has 1 saturated heterocycles. The molecule has 1 fully saturated rings. The van der Waals surface area contributed by atoms with E-state index < -0.39 is 0 Å². The molecule has 27 heavy (non-hydrogen) atoms. The Bertz CT molecular complexity index is 802. The Hall–Kier alpha value is -2.32. The maximum atomic E-state index is 12.1. The molecule has 3 rings (SSSR count). The number of thiazole rings is 1. The van der Waals surface area contributed by atoms with Crippen molar-refractivity contribution in [3.63, 3.8) is 0 Å².